The van der Waals surface area contributed by atoms with E-state index in [1.54, 1.807) is 17.3 Å². The number of aromatic nitrogens is 1. The van der Waals surface area contributed by atoms with Crippen molar-refractivity contribution < 1.29 is 14.4 Å². The average Bonchev–Trinajstić information content (AvgIpc) is 2.99. The molecule has 4 amide bonds. The molecule has 2 saturated heterocycles. The predicted octanol–water partition coefficient (Wildman–Crippen LogP) is 1.45. The van der Waals surface area contributed by atoms with Crippen LogP contribution in [0.5, 0.6) is 0 Å². The first-order chi connectivity index (χ1) is 14.0. The van der Waals surface area contributed by atoms with E-state index in [9.17, 15) is 14.4 Å². The summed E-state index contributed by atoms with van der Waals surface area (Å²) in [6, 6.07) is 3.20. The van der Waals surface area contributed by atoms with Gasteiger partial charge in [-0.25, -0.2) is 4.79 Å². The van der Waals surface area contributed by atoms with Crippen LogP contribution in [0.2, 0.25) is 0 Å². The molecule has 0 aromatic carbocycles. The van der Waals surface area contributed by atoms with E-state index < -0.39 is 11.6 Å². The average molecular weight is 399 g/mol. The minimum atomic E-state index is -0.810. The van der Waals surface area contributed by atoms with E-state index in [0.29, 0.717) is 38.4 Å². The Labute approximate surface area is 171 Å². The number of pyridine rings is 1. The number of nitrogens with one attached hydrogen (secondary N) is 2. The Morgan fingerprint density at radius 2 is 2.10 bits per heavy atom. The fourth-order valence-corrected chi connectivity index (χ4v) is 4.84. The molecule has 3 aliphatic rings. The Balaban J connectivity index is 1.46. The molecule has 0 bridgehead atoms. The van der Waals surface area contributed by atoms with Gasteiger partial charge in [0.15, 0.2) is 0 Å². The standard InChI is InChI=1S/C21H29N5O3/c1-2-15-5-7-21(8-6-15)19(28)26(20(29)24-21)14-18(27)25-11-10-23-13-17(25)16-4-3-9-22-12-16/h3-4,9,12,15,17,23H,2,5-8,10-11,13-14H2,1H3,(H,24,29). The third kappa shape index (κ3) is 3.73. The van der Waals surface area contributed by atoms with Crippen LogP contribution >= 0.6 is 0 Å². The summed E-state index contributed by atoms with van der Waals surface area (Å²) in [7, 11) is 0. The van der Waals surface area contributed by atoms with Crippen LogP contribution in [0.1, 0.15) is 50.6 Å². The van der Waals surface area contributed by atoms with Gasteiger partial charge in [-0.15, -0.1) is 0 Å². The lowest BCUT2D eigenvalue weighted by molar-refractivity contribution is -0.141. The Hall–Kier alpha value is -2.48. The van der Waals surface area contributed by atoms with Crippen LogP contribution in [0.4, 0.5) is 4.79 Å². The van der Waals surface area contributed by atoms with Crippen LogP contribution < -0.4 is 10.6 Å². The smallest absolute Gasteiger partial charge is 0.325 e. The second kappa shape index (κ2) is 8.10. The van der Waals surface area contributed by atoms with E-state index in [1.165, 1.54) is 0 Å². The number of hydrogen-bond donors (Lipinski definition) is 2. The first kappa shape index (κ1) is 19.8. The molecule has 1 spiro atoms. The van der Waals surface area contributed by atoms with Crippen LogP contribution in [-0.2, 0) is 9.59 Å². The van der Waals surface area contributed by atoms with Crippen molar-refractivity contribution in [3.8, 4) is 0 Å². The van der Waals surface area contributed by atoms with Gasteiger partial charge in [0.1, 0.15) is 12.1 Å². The molecule has 0 radical (unpaired) electrons. The van der Waals surface area contributed by atoms with Gasteiger partial charge in [-0.3, -0.25) is 19.5 Å². The van der Waals surface area contributed by atoms with Gasteiger partial charge in [-0.2, -0.15) is 0 Å². The SMILES string of the molecule is CCC1CCC2(CC1)NC(=O)N(CC(=O)N1CCNCC1c1cccnc1)C2=O. The molecule has 1 aromatic rings. The zero-order valence-corrected chi connectivity index (χ0v) is 16.9. The van der Waals surface area contributed by atoms with Gasteiger partial charge in [0.2, 0.25) is 5.91 Å². The molecule has 4 rings (SSSR count). The molecular weight excluding hydrogens is 370 g/mol. The number of carbonyl (C=O) groups excluding carboxylic acids is 3. The number of urea groups is 1. The van der Waals surface area contributed by atoms with Crippen LogP contribution in [0.15, 0.2) is 24.5 Å². The molecule has 8 nitrogen and oxygen atoms in total. The summed E-state index contributed by atoms with van der Waals surface area (Å²) in [5, 5.41) is 6.21. The van der Waals surface area contributed by atoms with E-state index in [1.807, 2.05) is 12.1 Å². The number of carbonyl (C=O) groups is 3. The maximum Gasteiger partial charge on any atom is 0.325 e. The number of hydrogen-bond acceptors (Lipinski definition) is 5. The Morgan fingerprint density at radius 1 is 1.31 bits per heavy atom. The highest BCUT2D eigenvalue weighted by atomic mass is 16.2. The van der Waals surface area contributed by atoms with Gasteiger partial charge in [0.25, 0.3) is 5.91 Å². The first-order valence-corrected chi connectivity index (χ1v) is 10.6. The van der Waals surface area contributed by atoms with Crippen molar-refractivity contribution >= 4 is 17.8 Å². The summed E-state index contributed by atoms with van der Waals surface area (Å²) >= 11 is 0. The summed E-state index contributed by atoms with van der Waals surface area (Å²) in [6.07, 6.45) is 7.74. The highest BCUT2D eigenvalue weighted by molar-refractivity contribution is 6.09. The Bertz CT molecular complexity index is 776. The maximum atomic E-state index is 13.1. The zero-order valence-electron chi connectivity index (χ0n) is 16.9. The van der Waals surface area contributed by atoms with Crippen molar-refractivity contribution in [3.63, 3.8) is 0 Å². The molecule has 3 heterocycles. The van der Waals surface area contributed by atoms with E-state index in [2.05, 4.69) is 22.5 Å². The van der Waals surface area contributed by atoms with Crippen LogP contribution in [0.3, 0.4) is 0 Å². The van der Waals surface area contributed by atoms with Gasteiger partial charge in [-0.1, -0.05) is 19.4 Å². The van der Waals surface area contributed by atoms with Gasteiger partial charge >= 0.3 is 6.03 Å². The van der Waals surface area contributed by atoms with Crippen molar-refractivity contribution in [2.75, 3.05) is 26.2 Å². The molecule has 2 aliphatic heterocycles. The van der Waals surface area contributed by atoms with Gasteiger partial charge in [0.05, 0.1) is 6.04 Å². The van der Waals surface area contributed by atoms with Crippen molar-refractivity contribution in [2.24, 2.45) is 5.92 Å². The summed E-state index contributed by atoms with van der Waals surface area (Å²) in [5.41, 5.74) is 0.134. The van der Waals surface area contributed by atoms with Crippen LogP contribution in [0, 0.1) is 5.92 Å². The van der Waals surface area contributed by atoms with Gasteiger partial charge in [0, 0.05) is 32.0 Å². The predicted molar refractivity (Wildman–Crippen MR) is 107 cm³/mol. The highest BCUT2D eigenvalue weighted by Crippen LogP contribution is 2.37. The highest BCUT2D eigenvalue weighted by Gasteiger charge is 2.53. The fraction of sp³-hybridized carbons (Fsp3) is 0.619. The second-order valence-corrected chi connectivity index (χ2v) is 8.35. The number of piperazine rings is 1. The number of rotatable bonds is 4. The number of nitrogens with zero attached hydrogens (tertiary/aromatic N) is 3. The molecule has 1 atom stereocenters. The Morgan fingerprint density at radius 3 is 2.79 bits per heavy atom. The van der Waals surface area contributed by atoms with Crippen LogP contribution in [0.25, 0.3) is 0 Å². The molecule has 156 valence electrons. The summed E-state index contributed by atoms with van der Waals surface area (Å²) in [6.45, 7) is 3.80. The monoisotopic (exact) mass is 399 g/mol. The molecule has 1 unspecified atom stereocenters. The van der Waals surface area contributed by atoms with Gasteiger partial charge < -0.3 is 15.5 Å². The normalized spacial score (nSPS) is 30.0. The molecular formula is C21H29N5O3. The lowest BCUT2D eigenvalue weighted by Gasteiger charge is -2.37. The number of amides is 4. The third-order valence-electron chi connectivity index (χ3n) is 6.71. The van der Waals surface area contributed by atoms with E-state index >= 15 is 0 Å². The van der Waals surface area contributed by atoms with E-state index in [4.69, 9.17) is 0 Å². The number of imide groups is 1. The molecule has 1 aromatic heterocycles. The molecule has 3 fully saturated rings. The first-order valence-electron chi connectivity index (χ1n) is 10.6. The molecule has 2 N–H and O–H groups in total. The molecule has 8 heteroatoms. The van der Waals surface area contributed by atoms with E-state index in [0.717, 1.165) is 29.7 Å². The van der Waals surface area contributed by atoms with E-state index in [-0.39, 0.29) is 24.4 Å². The van der Waals surface area contributed by atoms with Gasteiger partial charge in [-0.05, 0) is 43.2 Å². The molecule has 1 aliphatic carbocycles. The lowest BCUT2D eigenvalue weighted by atomic mass is 9.75. The minimum absolute atomic E-state index is 0.153. The van der Waals surface area contributed by atoms with Crippen molar-refractivity contribution in [1.82, 2.24) is 25.4 Å². The zero-order chi connectivity index (χ0) is 20.4. The molecule has 1 saturated carbocycles. The minimum Gasteiger partial charge on any atom is -0.331 e. The summed E-state index contributed by atoms with van der Waals surface area (Å²) < 4.78 is 0. The quantitative estimate of drug-likeness (QED) is 0.748. The topological polar surface area (TPSA) is 94.6 Å². The maximum absolute atomic E-state index is 13.1. The third-order valence-corrected chi connectivity index (χ3v) is 6.71. The summed E-state index contributed by atoms with van der Waals surface area (Å²) in [5.74, 6) is 0.170. The lowest BCUT2D eigenvalue weighted by Crippen LogP contribution is -2.53. The molecule has 29 heavy (non-hydrogen) atoms. The van der Waals surface area contributed by atoms with Crippen LogP contribution in [-0.4, -0.2) is 64.3 Å². The summed E-state index contributed by atoms with van der Waals surface area (Å²) in [4.78, 5) is 45.8. The van der Waals surface area contributed by atoms with Crippen molar-refractivity contribution in [2.45, 2.75) is 50.6 Å². The fourth-order valence-electron chi connectivity index (χ4n) is 4.84. The largest absolute Gasteiger partial charge is 0.331 e. The van der Waals surface area contributed by atoms with Crippen molar-refractivity contribution in [1.29, 1.82) is 0 Å². The second-order valence-electron chi connectivity index (χ2n) is 8.35. The van der Waals surface area contributed by atoms with Crippen molar-refractivity contribution in [3.05, 3.63) is 30.1 Å². The Kier molecular flexibility index (Phi) is 5.54.